The quantitative estimate of drug-likeness (QED) is 0.729. The number of pyridine rings is 1. The molecule has 2 aliphatic rings. The summed E-state index contributed by atoms with van der Waals surface area (Å²) < 4.78 is 0. The number of benzene rings is 1. The molecule has 0 unspecified atom stereocenters. The third-order valence-electron chi connectivity index (χ3n) is 6.86. The summed E-state index contributed by atoms with van der Waals surface area (Å²) in [7, 11) is 0. The SMILES string of the molecule is Cc1cccnc1N1CCC2(CCCN(Cc3c[nH]c4ccccc34)C2=O)CC1. The van der Waals surface area contributed by atoms with E-state index in [1.54, 1.807) is 0 Å². The molecule has 0 saturated carbocycles. The van der Waals surface area contributed by atoms with Gasteiger partial charge in [0.05, 0.1) is 5.41 Å². The molecule has 3 aromatic rings. The Morgan fingerprint density at radius 2 is 1.90 bits per heavy atom. The molecule has 150 valence electrons. The molecule has 0 aliphatic carbocycles. The third kappa shape index (κ3) is 3.18. The number of aryl methyl sites for hydroxylation is 1. The largest absolute Gasteiger partial charge is 0.361 e. The molecule has 2 aliphatic heterocycles. The number of fused-ring (bicyclic) bond motifs is 1. The van der Waals surface area contributed by atoms with Crippen LogP contribution in [0.3, 0.4) is 0 Å². The molecule has 1 aromatic carbocycles. The molecule has 4 heterocycles. The van der Waals surface area contributed by atoms with Gasteiger partial charge in [-0.2, -0.15) is 0 Å². The average Bonchev–Trinajstić information content (AvgIpc) is 3.16. The number of nitrogens with one attached hydrogen (secondary N) is 1. The van der Waals surface area contributed by atoms with Gasteiger partial charge in [0, 0.05) is 49.5 Å². The highest BCUT2D eigenvalue weighted by Gasteiger charge is 2.45. The maximum absolute atomic E-state index is 13.6. The molecule has 2 fully saturated rings. The van der Waals surface area contributed by atoms with E-state index in [-0.39, 0.29) is 5.41 Å². The number of carbonyl (C=O) groups excluding carboxylic acids is 1. The Balaban J connectivity index is 1.32. The Labute approximate surface area is 171 Å². The zero-order chi connectivity index (χ0) is 19.8. The van der Waals surface area contributed by atoms with Gasteiger partial charge >= 0.3 is 0 Å². The van der Waals surface area contributed by atoms with Crippen LogP contribution in [0.4, 0.5) is 5.82 Å². The van der Waals surface area contributed by atoms with Crippen molar-refractivity contribution in [2.24, 2.45) is 5.41 Å². The van der Waals surface area contributed by atoms with Crippen molar-refractivity contribution >= 4 is 22.6 Å². The molecule has 5 nitrogen and oxygen atoms in total. The Hall–Kier alpha value is -2.82. The van der Waals surface area contributed by atoms with E-state index in [2.05, 4.69) is 57.2 Å². The number of hydrogen-bond donors (Lipinski definition) is 1. The Kier molecular flexibility index (Phi) is 4.53. The summed E-state index contributed by atoms with van der Waals surface area (Å²) in [6.07, 6.45) is 7.88. The standard InChI is InChI=1S/C24H28N4O/c1-18-6-4-12-25-22(18)27-14-10-24(11-15-27)9-5-13-28(23(24)29)17-19-16-26-21-8-3-2-7-20(19)21/h2-4,6-8,12,16,26H,5,9-11,13-15,17H2,1H3. The maximum atomic E-state index is 13.6. The highest BCUT2D eigenvalue weighted by atomic mass is 16.2. The molecular weight excluding hydrogens is 360 g/mol. The van der Waals surface area contributed by atoms with Crippen molar-refractivity contribution in [1.82, 2.24) is 14.9 Å². The van der Waals surface area contributed by atoms with E-state index in [4.69, 9.17) is 0 Å². The van der Waals surface area contributed by atoms with Crippen LogP contribution in [0.15, 0.2) is 48.8 Å². The van der Waals surface area contributed by atoms with Gasteiger partial charge in [0.25, 0.3) is 0 Å². The van der Waals surface area contributed by atoms with Crippen LogP contribution in [0.5, 0.6) is 0 Å². The van der Waals surface area contributed by atoms with Crippen LogP contribution in [0, 0.1) is 12.3 Å². The van der Waals surface area contributed by atoms with Crippen LogP contribution < -0.4 is 4.90 Å². The van der Waals surface area contributed by atoms with E-state index < -0.39 is 0 Å². The van der Waals surface area contributed by atoms with Crippen molar-refractivity contribution in [2.75, 3.05) is 24.5 Å². The number of aromatic nitrogens is 2. The summed E-state index contributed by atoms with van der Waals surface area (Å²) in [6, 6.07) is 12.4. The Morgan fingerprint density at radius 1 is 1.07 bits per heavy atom. The number of carbonyl (C=O) groups is 1. The van der Waals surface area contributed by atoms with E-state index in [0.29, 0.717) is 12.5 Å². The number of para-hydroxylation sites is 1. The van der Waals surface area contributed by atoms with E-state index in [1.807, 2.05) is 18.3 Å². The van der Waals surface area contributed by atoms with Crippen molar-refractivity contribution in [3.8, 4) is 0 Å². The fraction of sp³-hybridized carbons (Fsp3) is 0.417. The van der Waals surface area contributed by atoms with Gasteiger partial charge in [0.1, 0.15) is 5.82 Å². The summed E-state index contributed by atoms with van der Waals surface area (Å²) in [5.74, 6) is 1.42. The van der Waals surface area contributed by atoms with E-state index >= 15 is 0 Å². The van der Waals surface area contributed by atoms with Crippen molar-refractivity contribution in [3.63, 3.8) is 0 Å². The van der Waals surface area contributed by atoms with Gasteiger partial charge in [-0.15, -0.1) is 0 Å². The fourth-order valence-electron chi connectivity index (χ4n) is 5.19. The predicted octanol–water partition coefficient (Wildman–Crippen LogP) is 4.28. The second-order valence-electron chi connectivity index (χ2n) is 8.60. The lowest BCUT2D eigenvalue weighted by Crippen LogP contribution is -2.53. The third-order valence-corrected chi connectivity index (χ3v) is 6.86. The number of nitrogens with zero attached hydrogens (tertiary/aromatic N) is 3. The van der Waals surface area contributed by atoms with Crippen LogP contribution in [0.1, 0.15) is 36.8 Å². The van der Waals surface area contributed by atoms with Gasteiger partial charge in [-0.05, 0) is 55.9 Å². The number of amides is 1. The van der Waals surface area contributed by atoms with Crippen LogP contribution in [-0.4, -0.2) is 40.4 Å². The topological polar surface area (TPSA) is 52.2 Å². The molecule has 1 N–H and O–H groups in total. The maximum Gasteiger partial charge on any atom is 0.229 e. The number of hydrogen-bond acceptors (Lipinski definition) is 3. The minimum atomic E-state index is -0.191. The van der Waals surface area contributed by atoms with Gasteiger partial charge in [-0.25, -0.2) is 4.98 Å². The molecule has 0 atom stereocenters. The molecule has 0 radical (unpaired) electrons. The first-order chi connectivity index (χ1) is 14.2. The van der Waals surface area contributed by atoms with Crippen molar-refractivity contribution < 1.29 is 4.79 Å². The molecule has 5 rings (SSSR count). The Morgan fingerprint density at radius 3 is 2.72 bits per heavy atom. The van der Waals surface area contributed by atoms with Gasteiger partial charge in [-0.1, -0.05) is 24.3 Å². The second kappa shape index (κ2) is 7.21. The molecule has 29 heavy (non-hydrogen) atoms. The van der Waals surface area contributed by atoms with E-state index in [9.17, 15) is 4.79 Å². The summed E-state index contributed by atoms with van der Waals surface area (Å²) in [5, 5.41) is 1.22. The van der Waals surface area contributed by atoms with Crippen molar-refractivity contribution in [3.05, 3.63) is 59.9 Å². The predicted molar refractivity (Wildman–Crippen MR) is 116 cm³/mol. The fourth-order valence-corrected chi connectivity index (χ4v) is 5.19. The minimum Gasteiger partial charge on any atom is -0.361 e. The van der Waals surface area contributed by atoms with Gasteiger partial charge < -0.3 is 14.8 Å². The van der Waals surface area contributed by atoms with Crippen LogP contribution in [0.2, 0.25) is 0 Å². The number of H-pyrrole nitrogens is 1. The second-order valence-corrected chi connectivity index (χ2v) is 8.60. The molecule has 1 spiro atoms. The number of likely N-dealkylation sites (tertiary alicyclic amines) is 1. The lowest BCUT2D eigenvalue weighted by atomic mass is 9.71. The normalized spacial score (nSPS) is 19.3. The molecule has 1 amide bonds. The first-order valence-corrected chi connectivity index (χ1v) is 10.7. The number of piperidine rings is 2. The van der Waals surface area contributed by atoms with Gasteiger partial charge in [0.2, 0.25) is 5.91 Å². The minimum absolute atomic E-state index is 0.191. The molecule has 0 bridgehead atoms. The van der Waals surface area contributed by atoms with Gasteiger partial charge in [0.15, 0.2) is 0 Å². The average molecular weight is 389 g/mol. The number of aromatic amines is 1. The van der Waals surface area contributed by atoms with Crippen LogP contribution >= 0.6 is 0 Å². The molecular formula is C24H28N4O. The van der Waals surface area contributed by atoms with Gasteiger partial charge in [-0.3, -0.25) is 4.79 Å². The Bertz CT molecular complexity index is 1030. The van der Waals surface area contributed by atoms with Crippen LogP contribution in [-0.2, 0) is 11.3 Å². The highest BCUT2D eigenvalue weighted by Crippen LogP contribution is 2.42. The first-order valence-electron chi connectivity index (χ1n) is 10.7. The zero-order valence-electron chi connectivity index (χ0n) is 17.0. The van der Waals surface area contributed by atoms with E-state index in [1.165, 1.54) is 16.5 Å². The number of anilines is 1. The smallest absolute Gasteiger partial charge is 0.229 e. The summed E-state index contributed by atoms with van der Waals surface area (Å²) >= 11 is 0. The summed E-state index contributed by atoms with van der Waals surface area (Å²) in [5.41, 5.74) is 3.37. The molecule has 2 aromatic heterocycles. The summed E-state index contributed by atoms with van der Waals surface area (Å²) in [4.78, 5) is 25.9. The summed E-state index contributed by atoms with van der Waals surface area (Å²) in [6.45, 7) is 5.49. The molecule has 2 saturated heterocycles. The first kappa shape index (κ1) is 18.2. The zero-order valence-corrected chi connectivity index (χ0v) is 17.0. The molecule has 5 heteroatoms. The highest BCUT2D eigenvalue weighted by molar-refractivity contribution is 5.86. The van der Waals surface area contributed by atoms with Crippen molar-refractivity contribution in [1.29, 1.82) is 0 Å². The monoisotopic (exact) mass is 388 g/mol. The number of rotatable bonds is 3. The lowest BCUT2D eigenvalue weighted by molar-refractivity contribution is -0.148. The van der Waals surface area contributed by atoms with Crippen LogP contribution in [0.25, 0.3) is 10.9 Å². The van der Waals surface area contributed by atoms with E-state index in [0.717, 1.165) is 56.7 Å². The lowest BCUT2D eigenvalue weighted by Gasteiger charge is -2.46. The van der Waals surface area contributed by atoms with Crippen molar-refractivity contribution in [2.45, 2.75) is 39.2 Å².